The van der Waals surface area contributed by atoms with Gasteiger partial charge in [-0.1, -0.05) is 24.3 Å². The van der Waals surface area contributed by atoms with Gasteiger partial charge in [0, 0.05) is 38.1 Å². The number of anilines is 2. The van der Waals surface area contributed by atoms with Crippen molar-refractivity contribution in [2.24, 2.45) is 0 Å². The number of aromatic nitrogens is 1. The molecule has 0 atom stereocenters. The van der Waals surface area contributed by atoms with Gasteiger partial charge in [-0.2, -0.15) is 0 Å². The van der Waals surface area contributed by atoms with Gasteiger partial charge in [-0.05, 0) is 49.9 Å². The zero-order chi connectivity index (χ0) is 17.5. The highest BCUT2D eigenvalue weighted by Gasteiger charge is 2.21. The van der Waals surface area contributed by atoms with Crippen molar-refractivity contribution in [3.8, 4) is 0 Å². The summed E-state index contributed by atoms with van der Waals surface area (Å²) in [5, 5.41) is 3.06. The van der Waals surface area contributed by atoms with Crippen LogP contribution in [0.15, 0.2) is 48.7 Å². The first-order chi connectivity index (χ1) is 12.3. The molecule has 2 heterocycles. The maximum atomic E-state index is 12.7. The molecule has 0 unspecified atom stereocenters. The fraction of sp³-hybridized carbons (Fsp3) is 0.400. The molecular formula is C20H26N4O. The van der Waals surface area contributed by atoms with Crippen LogP contribution in [0.2, 0.25) is 0 Å². The lowest BCUT2D eigenvalue weighted by atomic mass is 10.1. The van der Waals surface area contributed by atoms with Gasteiger partial charge < -0.3 is 10.2 Å². The van der Waals surface area contributed by atoms with Crippen LogP contribution in [-0.2, 0) is 6.42 Å². The molecule has 132 valence electrons. The minimum absolute atomic E-state index is 0.0500. The topological polar surface area (TPSA) is 48.5 Å². The number of rotatable bonds is 5. The van der Waals surface area contributed by atoms with Crippen molar-refractivity contribution in [2.75, 3.05) is 36.0 Å². The lowest BCUT2D eigenvalue weighted by molar-refractivity contribution is 0.246. The van der Waals surface area contributed by atoms with Crippen molar-refractivity contribution in [3.63, 3.8) is 0 Å². The number of likely N-dealkylation sites (N-methyl/N-ethyl adjacent to an activating group) is 1. The van der Waals surface area contributed by atoms with Crippen molar-refractivity contribution in [1.82, 2.24) is 10.3 Å². The van der Waals surface area contributed by atoms with Crippen LogP contribution >= 0.6 is 0 Å². The van der Waals surface area contributed by atoms with Crippen LogP contribution in [0.1, 0.15) is 25.3 Å². The summed E-state index contributed by atoms with van der Waals surface area (Å²) >= 11 is 0. The Hall–Kier alpha value is -2.56. The van der Waals surface area contributed by atoms with Gasteiger partial charge in [-0.3, -0.25) is 4.90 Å². The standard InChI is InChI=1S/C20H26N4O/c1-2-23(18-11-4-3-5-12-18)16-14-22-20(25)24-15-7-6-9-17-10-8-13-21-19(17)24/h3-5,8,10-13H,2,6-7,9,14-16H2,1H3,(H,22,25). The highest BCUT2D eigenvalue weighted by Crippen LogP contribution is 2.23. The second-order valence-corrected chi connectivity index (χ2v) is 6.24. The van der Waals surface area contributed by atoms with Crippen LogP contribution in [-0.4, -0.2) is 37.2 Å². The van der Waals surface area contributed by atoms with Crippen LogP contribution in [0, 0.1) is 0 Å². The van der Waals surface area contributed by atoms with Gasteiger partial charge in [-0.25, -0.2) is 9.78 Å². The highest BCUT2D eigenvalue weighted by molar-refractivity contribution is 5.91. The van der Waals surface area contributed by atoms with E-state index in [2.05, 4.69) is 40.3 Å². The first-order valence-corrected chi connectivity index (χ1v) is 9.09. The summed E-state index contributed by atoms with van der Waals surface area (Å²) in [7, 11) is 0. The lowest BCUT2D eigenvalue weighted by Gasteiger charge is -2.25. The minimum Gasteiger partial charge on any atom is -0.370 e. The second kappa shape index (κ2) is 8.51. The van der Waals surface area contributed by atoms with Gasteiger partial charge in [0.2, 0.25) is 0 Å². The second-order valence-electron chi connectivity index (χ2n) is 6.24. The number of carbonyl (C=O) groups is 1. The summed E-state index contributed by atoms with van der Waals surface area (Å²) in [6.45, 7) is 5.17. The summed E-state index contributed by atoms with van der Waals surface area (Å²) in [6.07, 6.45) is 4.86. The third-order valence-corrected chi connectivity index (χ3v) is 4.61. The van der Waals surface area contributed by atoms with Gasteiger partial charge in [0.1, 0.15) is 5.82 Å². The normalized spacial score (nSPS) is 13.7. The Morgan fingerprint density at radius 3 is 2.84 bits per heavy atom. The summed E-state index contributed by atoms with van der Waals surface area (Å²) in [4.78, 5) is 21.2. The number of amides is 2. The number of nitrogens with one attached hydrogen (secondary N) is 1. The molecule has 3 rings (SSSR count). The first-order valence-electron chi connectivity index (χ1n) is 9.09. The van der Waals surface area contributed by atoms with E-state index in [9.17, 15) is 4.79 Å². The Morgan fingerprint density at radius 2 is 2.04 bits per heavy atom. The van der Waals surface area contributed by atoms with Gasteiger partial charge >= 0.3 is 6.03 Å². The SMILES string of the molecule is CCN(CCNC(=O)N1CCCCc2cccnc21)c1ccccc1. The molecule has 5 nitrogen and oxygen atoms in total. The number of fused-ring (bicyclic) bond motifs is 1. The molecule has 2 aromatic rings. The Kier molecular flexibility index (Phi) is 5.88. The third-order valence-electron chi connectivity index (χ3n) is 4.61. The fourth-order valence-corrected chi connectivity index (χ4v) is 3.26. The molecule has 1 aromatic carbocycles. The maximum absolute atomic E-state index is 12.7. The Labute approximate surface area is 149 Å². The molecule has 0 bridgehead atoms. The smallest absolute Gasteiger partial charge is 0.323 e. The molecule has 5 heteroatoms. The molecule has 2 amide bonds. The molecule has 1 aliphatic rings. The molecule has 1 aliphatic heterocycles. The van der Waals surface area contributed by atoms with E-state index < -0.39 is 0 Å². The molecule has 0 spiro atoms. The zero-order valence-electron chi connectivity index (χ0n) is 14.8. The van der Waals surface area contributed by atoms with Crippen LogP contribution in [0.4, 0.5) is 16.3 Å². The number of hydrogen-bond acceptors (Lipinski definition) is 3. The lowest BCUT2D eigenvalue weighted by Crippen LogP contribution is -2.44. The Bertz CT molecular complexity index is 689. The van der Waals surface area contributed by atoms with E-state index >= 15 is 0 Å². The number of nitrogens with zero attached hydrogens (tertiary/aromatic N) is 3. The Morgan fingerprint density at radius 1 is 1.20 bits per heavy atom. The molecule has 1 aromatic heterocycles. The van der Waals surface area contributed by atoms with Crippen LogP contribution in [0.3, 0.4) is 0 Å². The van der Waals surface area contributed by atoms with E-state index in [4.69, 9.17) is 0 Å². The average molecular weight is 338 g/mol. The molecule has 1 N–H and O–H groups in total. The number of aryl methyl sites for hydroxylation is 1. The molecule has 0 saturated heterocycles. The number of carbonyl (C=O) groups excluding carboxylic acids is 1. The monoisotopic (exact) mass is 338 g/mol. The summed E-state index contributed by atoms with van der Waals surface area (Å²) in [6, 6.07) is 14.3. The van der Waals surface area contributed by atoms with E-state index in [1.165, 1.54) is 5.69 Å². The predicted molar refractivity (Wildman–Crippen MR) is 102 cm³/mol. The van der Waals surface area contributed by atoms with Crippen molar-refractivity contribution >= 4 is 17.5 Å². The van der Waals surface area contributed by atoms with E-state index in [1.807, 2.05) is 24.3 Å². The fourth-order valence-electron chi connectivity index (χ4n) is 3.26. The minimum atomic E-state index is -0.0500. The van der Waals surface area contributed by atoms with Gasteiger partial charge in [-0.15, -0.1) is 0 Å². The summed E-state index contributed by atoms with van der Waals surface area (Å²) < 4.78 is 0. The van der Waals surface area contributed by atoms with E-state index in [0.717, 1.165) is 50.3 Å². The molecule has 0 radical (unpaired) electrons. The highest BCUT2D eigenvalue weighted by atomic mass is 16.2. The predicted octanol–water partition coefficient (Wildman–Crippen LogP) is 3.46. The molecular weight excluding hydrogens is 312 g/mol. The molecule has 0 fully saturated rings. The zero-order valence-corrected chi connectivity index (χ0v) is 14.8. The first kappa shape index (κ1) is 17.3. The van der Waals surface area contributed by atoms with Crippen molar-refractivity contribution < 1.29 is 4.79 Å². The summed E-state index contributed by atoms with van der Waals surface area (Å²) in [5.74, 6) is 0.813. The number of hydrogen-bond donors (Lipinski definition) is 1. The van der Waals surface area contributed by atoms with Crippen molar-refractivity contribution in [1.29, 1.82) is 0 Å². The average Bonchev–Trinajstić information content (AvgIpc) is 2.88. The Balaban J connectivity index is 1.59. The largest absolute Gasteiger partial charge is 0.370 e. The van der Waals surface area contributed by atoms with Crippen LogP contribution in [0.5, 0.6) is 0 Å². The van der Waals surface area contributed by atoms with E-state index in [1.54, 1.807) is 11.1 Å². The van der Waals surface area contributed by atoms with Crippen LogP contribution < -0.4 is 15.1 Å². The summed E-state index contributed by atoms with van der Waals surface area (Å²) in [5.41, 5.74) is 2.34. The maximum Gasteiger partial charge on any atom is 0.323 e. The van der Waals surface area contributed by atoms with Crippen molar-refractivity contribution in [2.45, 2.75) is 26.2 Å². The third kappa shape index (κ3) is 4.29. The quantitative estimate of drug-likeness (QED) is 0.908. The number of urea groups is 1. The number of benzene rings is 1. The van der Waals surface area contributed by atoms with Gasteiger partial charge in [0.15, 0.2) is 0 Å². The van der Waals surface area contributed by atoms with Gasteiger partial charge in [0.05, 0.1) is 0 Å². The molecule has 25 heavy (non-hydrogen) atoms. The molecule has 0 saturated carbocycles. The van der Waals surface area contributed by atoms with Crippen LogP contribution in [0.25, 0.3) is 0 Å². The molecule has 0 aliphatic carbocycles. The van der Waals surface area contributed by atoms with Crippen molar-refractivity contribution in [3.05, 3.63) is 54.2 Å². The van der Waals surface area contributed by atoms with E-state index in [0.29, 0.717) is 6.54 Å². The van der Waals surface area contributed by atoms with Gasteiger partial charge in [0.25, 0.3) is 0 Å². The number of para-hydroxylation sites is 1. The van der Waals surface area contributed by atoms with E-state index in [-0.39, 0.29) is 6.03 Å². The number of pyridine rings is 1.